The van der Waals surface area contributed by atoms with Crippen LogP contribution in [0.1, 0.15) is 9.75 Å². The van der Waals surface area contributed by atoms with Crippen molar-refractivity contribution >= 4 is 17.3 Å². The van der Waals surface area contributed by atoms with Gasteiger partial charge in [0.25, 0.3) is 0 Å². The molecule has 0 radical (unpaired) electrons. The molecule has 0 amide bonds. The fourth-order valence-corrected chi connectivity index (χ4v) is 1.66. The van der Waals surface area contributed by atoms with Gasteiger partial charge in [0.05, 0.1) is 12.0 Å². The molecule has 0 aromatic carbocycles. The molecule has 0 fully saturated rings. The largest absolute Gasteiger partial charge is 0.464 e. The molecule has 0 saturated heterocycles. The van der Waals surface area contributed by atoms with Crippen LogP contribution >= 0.6 is 11.3 Å². The van der Waals surface area contributed by atoms with Gasteiger partial charge in [-0.25, -0.2) is 4.79 Å². The summed E-state index contributed by atoms with van der Waals surface area (Å²) in [5, 5.41) is 0. The fraction of sp³-hybridized carbons (Fsp3) is 0.375. The molecule has 0 bridgehead atoms. The molecule has 72 valence electrons. The topological polar surface area (TPSA) is 26.3 Å². The van der Waals surface area contributed by atoms with Gasteiger partial charge in [-0.3, -0.25) is 0 Å². The Hall–Kier alpha value is -0.970. The maximum absolute atomic E-state index is 13.1. The number of esters is 1. The van der Waals surface area contributed by atoms with Crippen molar-refractivity contribution in [3.05, 3.63) is 21.9 Å². The van der Waals surface area contributed by atoms with E-state index in [1.807, 2.05) is 0 Å². The lowest BCUT2D eigenvalue weighted by Gasteiger charge is -2.10. The van der Waals surface area contributed by atoms with Crippen LogP contribution in [0.25, 0.3) is 0 Å². The monoisotopic (exact) mass is 206 g/mol. The summed E-state index contributed by atoms with van der Waals surface area (Å²) < 4.78 is 30.2. The predicted molar refractivity (Wildman–Crippen MR) is 45.0 cm³/mol. The number of methoxy groups -OCH3 is 1. The lowest BCUT2D eigenvalue weighted by Crippen LogP contribution is -2.25. The quantitative estimate of drug-likeness (QED) is 0.694. The van der Waals surface area contributed by atoms with Gasteiger partial charge in [0.15, 0.2) is 0 Å². The van der Waals surface area contributed by atoms with Gasteiger partial charge in [0, 0.05) is 4.88 Å². The number of rotatable bonds is 2. The molecule has 0 aliphatic heterocycles. The standard InChI is InChI=1S/C8H8F2O2S/c1-5-3-4-6(13-5)8(9,10)7(11)12-2/h3-4H,1-2H3. The van der Waals surface area contributed by atoms with Crippen molar-refractivity contribution in [2.45, 2.75) is 12.8 Å². The van der Waals surface area contributed by atoms with E-state index in [0.29, 0.717) is 0 Å². The molecule has 0 atom stereocenters. The van der Waals surface area contributed by atoms with Crippen LogP contribution < -0.4 is 0 Å². The molecule has 1 aromatic rings. The molecule has 1 aromatic heterocycles. The third-order valence-electron chi connectivity index (χ3n) is 1.49. The number of hydrogen-bond acceptors (Lipinski definition) is 3. The molecule has 0 spiro atoms. The van der Waals surface area contributed by atoms with Crippen LogP contribution in [0.3, 0.4) is 0 Å². The summed E-state index contributed by atoms with van der Waals surface area (Å²) in [5.74, 6) is -5.04. The smallest absolute Gasteiger partial charge is 0.382 e. The number of ether oxygens (including phenoxy) is 1. The second-order valence-corrected chi connectivity index (χ2v) is 3.76. The first kappa shape index (κ1) is 10.1. The summed E-state index contributed by atoms with van der Waals surface area (Å²) in [6, 6.07) is 2.77. The first-order valence-corrected chi connectivity index (χ1v) is 4.33. The maximum atomic E-state index is 13.1. The minimum atomic E-state index is -3.52. The van der Waals surface area contributed by atoms with Gasteiger partial charge < -0.3 is 4.74 Å². The number of thiophene rings is 1. The number of carbonyl (C=O) groups is 1. The van der Waals surface area contributed by atoms with Crippen molar-refractivity contribution < 1.29 is 18.3 Å². The number of carbonyl (C=O) groups excluding carboxylic acids is 1. The molecule has 1 heterocycles. The van der Waals surface area contributed by atoms with Crippen LogP contribution in [0.4, 0.5) is 8.78 Å². The molecule has 0 N–H and O–H groups in total. The normalized spacial score (nSPS) is 11.4. The highest BCUT2D eigenvalue weighted by Gasteiger charge is 2.43. The maximum Gasteiger partial charge on any atom is 0.382 e. The molecule has 1 rings (SSSR count). The molecule has 0 aliphatic rings. The Balaban J connectivity index is 2.99. The van der Waals surface area contributed by atoms with Crippen LogP contribution in [0.15, 0.2) is 12.1 Å². The van der Waals surface area contributed by atoms with E-state index in [2.05, 4.69) is 4.74 Å². The summed E-state index contributed by atoms with van der Waals surface area (Å²) in [5.41, 5.74) is 0. The molecule has 0 saturated carbocycles. The molecular formula is C8H8F2O2S. The van der Waals surface area contributed by atoms with E-state index < -0.39 is 11.9 Å². The molecule has 2 nitrogen and oxygen atoms in total. The zero-order valence-corrected chi connectivity index (χ0v) is 7.95. The predicted octanol–water partition coefficient (Wildman–Crippen LogP) is 2.32. The summed E-state index contributed by atoms with van der Waals surface area (Å²) in [6.45, 7) is 1.70. The zero-order valence-electron chi connectivity index (χ0n) is 7.14. The highest BCUT2D eigenvalue weighted by atomic mass is 32.1. The van der Waals surface area contributed by atoms with Crippen molar-refractivity contribution in [3.63, 3.8) is 0 Å². The van der Waals surface area contributed by atoms with E-state index >= 15 is 0 Å². The van der Waals surface area contributed by atoms with Crippen LogP contribution in [-0.2, 0) is 15.5 Å². The summed E-state index contributed by atoms with van der Waals surface area (Å²) in [4.78, 5) is 11.1. The van der Waals surface area contributed by atoms with Crippen molar-refractivity contribution in [1.29, 1.82) is 0 Å². The Morgan fingerprint density at radius 1 is 1.54 bits per heavy atom. The minimum absolute atomic E-state index is 0.281. The van der Waals surface area contributed by atoms with E-state index in [-0.39, 0.29) is 4.88 Å². The Bertz CT molecular complexity index is 320. The second kappa shape index (κ2) is 3.41. The first-order chi connectivity index (χ1) is 5.98. The number of alkyl halides is 2. The van der Waals surface area contributed by atoms with Crippen molar-refractivity contribution in [2.75, 3.05) is 7.11 Å². The van der Waals surface area contributed by atoms with Crippen molar-refractivity contribution in [1.82, 2.24) is 0 Å². The summed E-state index contributed by atoms with van der Waals surface area (Å²) in [7, 11) is 0.941. The molecule has 0 unspecified atom stereocenters. The number of halogens is 2. The Morgan fingerprint density at radius 2 is 2.15 bits per heavy atom. The van der Waals surface area contributed by atoms with E-state index in [4.69, 9.17) is 0 Å². The molecule has 5 heteroatoms. The van der Waals surface area contributed by atoms with Gasteiger partial charge in [-0.05, 0) is 19.1 Å². The third kappa shape index (κ3) is 1.85. The molecular weight excluding hydrogens is 198 g/mol. The van der Waals surface area contributed by atoms with E-state index in [1.165, 1.54) is 12.1 Å². The summed E-state index contributed by atoms with van der Waals surface area (Å²) in [6.07, 6.45) is 0. The van der Waals surface area contributed by atoms with E-state index in [0.717, 1.165) is 23.3 Å². The van der Waals surface area contributed by atoms with Crippen molar-refractivity contribution in [2.24, 2.45) is 0 Å². The Kier molecular flexibility index (Phi) is 2.66. The highest BCUT2D eigenvalue weighted by molar-refractivity contribution is 7.12. The third-order valence-corrected chi connectivity index (χ3v) is 2.56. The summed E-state index contributed by atoms with van der Waals surface area (Å²) >= 11 is 0.888. The fourth-order valence-electron chi connectivity index (χ4n) is 0.832. The van der Waals surface area contributed by atoms with Gasteiger partial charge in [0.1, 0.15) is 0 Å². The van der Waals surface area contributed by atoms with Gasteiger partial charge in [-0.15, -0.1) is 11.3 Å². The Morgan fingerprint density at radius 3 is 2.54 bits per heavy atom. The number of aryl methyl sites for hydroxylation is 1. The van der Waals surface area contributed by atoms with Crippen LogP contribution in [0.2, 0.25) is 0 Å². The van der Waals surface area contributed by atoms with Crippen molar-refractivity contribution in [3.8, 4) is 0 Å². The van der Waals surface area contributed by atoms with E-state index in [1.54, 1.807) is 6.92 Å². The van der Waals surface area contributed by atoms with Crippen LogP contribution in [-0.4, -0.2) is 13.1 Å². The SMILES string of the molecule is COC(=O)C(F)(F)c1ccc(C)s1. The first-order valence-electron chi connectivity index (χ1n) is 3.51. The van der Waals surface area contributed by atoms with Crippen LogP contribution in [0.5, 0.6) is 0 Å². The van der Waals surface area contributed by atoms with Gasteiger partial charge in [-0.1, -0.05) is 0 Å². The van der Waals surface area contributed by atoms with E-state index in [9.17, 15) is 13.6 Å². The van der Waals surface area contributed by atoms with Gasteiger partial charge in [0.2, 0.25) is 0 Å². The number of hydrogen-bond donors (Lipinski definition) is 0. The average molecular weight is 206 g/mol. The molecule has 13 heavy (non-hydrogen) atoms. The minimum Gasteiger partial charge on any atom is -0.464 e. The Labute approximate surface area is 78.1 Å². The lowest BCUT2D eigenvalue weighted by atomic mass is 10.3. The average Bonchev–Trinajstić information content (AvgIpc) is 2.50. The highest BCUT2D eigenvalue weighted by Crippen LogP contribution is 2.34. The lowest BCUT2D eigenvalue weighted by molar-refractivity contribution is -0.169. The van der Waals surface area contributed by atoms with Crippen LogP contribution in [0, 0.1) is 6.92 Å². The van der Waals surface area contributed by atoms with Gasteiger partial charge >= 0.3 is 11.9 Å². The zero-order chi connectivity index (χ0) is 10.1. The van der Waals surface area contributed by atoms with Gasteiger partial charge in [-0.2, -0.15) is 8.78 Å². The second-order valence-electron chi connectivity index (χ2n) is 2.48. The molecule has 0 aliphatic carbocycles.